The Kier molecular flexibility index (Phi) is 9.78. The van der Waals surface area contributed by atoms with Crippen LogP contribution >= 0.6 is 0 Å². The number of fused-ring (bicyclic) bond motifs is 1. The van der Waals surface area contributed by atoms with Crippen molar-refractivity contribution in [2.45, 2.75) is 37.3 Å². The summed E-state index contributed by atoms with van der Waals surface area (Å²) in [7, 11) is 1.11. The van der Waals surface area contributed by atoms with Gasteiger partial charge in [-0.2, -0.15) is 0 Å². The molecule has 0 fully saturated rings. The summed E-state index contributed by atoms with van der Waals surface area (Å²) in [5.41, 5.74) is 9.12. The van der Waals surface area contributed by atoms with Crippen LogP contribution in [0.15, 0.2) is 48.0 Å². The minimum absolute atomic E-state index is 0. The van der Waals surface area contributed by atoms with E-state index < -0.39 is 0 Å². The summed E-state index contributed by atoms with van der Waals surface area (Å²) in [6.07, 6.45) is 2.23. The third kappa shape index (κ3) is 3.83. The normalized spacial score (nSPS) is 18.1. The summed E-state index contributed by atoms with van der Waals surface area (Å²) >= 11 is 2.43. The fourth-order valence-corrected chi connectivity index (χ4v) is 6.10. The molecule has 1 aliphatic carbocycles. The van der Waals surface area contributed by atoms with Gasteiger partial charge in [0.15, 0.2) is 0 Å². The molecule has 2 aromatic rings. The molecule has 5 heteroatoms. The zero-order valence-corrected chi connectivity index (χ0v) is 20.9. The predicted octanol–water partition coefficient (Wildman–Crippen LogP) is -5.28. The van der Waals surface area contributed by atoms with E-state index in [0.717, 1.165) is 23.1 Å². The predicted molar refractivity (Wildman–Crippen MR) is 95.0 cm³/mol. The van der Waals surface area contributed by atoms with E-state index in [1.54, 1.807) is 16.3 Å². The molecule has 2 aromatic carbocycles. The monoisotopic (exact) mass is 444 g/mol. The molecule has 3 rings (SSSR count). The van der Waals surface area contributed by atoms with Crippen molar-refractivity contribution in [3.8, 4) is 0 Å². The molecule has 1 atom stereocenters. The van der Waals surface area contributed by atoms with Gasteiger partial charge in [-0.05, 0) is 0 Å². The molecule has 0 aliphatic heterocycles. The molecule has 0 radical (unpaired) electrons. The maximum Gasteiger partial charge on any atom is -1.00 e. The van der Waals surface area contributed by atoms with Gasteiger partial charge in [0, 0.05) is 0 Å². The first kappa shape index (κ1) is 25.0. The Bertz CT molecular complexity index is 773. The summed E-state index contributed by atoms with van der Waals surface area (Å²) in [4.78, 5) is 0. The van der Waals surface area contributed by atoms with E-state index in [1.807, 2.05) is 0 Å². The number of hydrogen-bond donors (Lipinski definition) is 0. The fraction of sp³-hybridized carbons (Fsp3) is 0.300. The van der Waals surface area contributed by atoms with Crippen molar-refractivity contribution in [2.24, 2.45) is 0 Å². The molecule has 0 saturated carbocycles. The van der Waals surface area contributed by atoms with Crippen molar-refractivity contribution in [3.05, 3.63) is 75.9 Å². The zero-order valence-electron chi connectivity index (χ0n) is 15.1. The summed E-state index contributed by atoms with van der Waals surface area (Å²) in [6.45, 7) is 6.91. The average Bonchev–Trinajstić information content (AvgIpc) is 2.77. The van der Waals surface area contributed by atoms with Crippen LogP contribution in [-0.2, 0) is 37.0 Å². The van der Waals surface area contributed by atoms with Crippen molar-refractivity contribution in [1.82, 2.24) is 0 Å². The Labute approximate surface area is 185 Å². The Hall–Kier alpha value is -0.0188. The summed E-state index contributed by atoms with van der Waals surface area (Å²) in [5, 5.41) is 1.59. The molecule has 0 saturated heterocycles. The summed E-state index contributed by atoms with van der Waals surface area (Å²) in [6, 6.07) is 15.9. The van der Waals surface area contributed by atoms with E-state index in [2.05, 4.69) is 83.7 Å². The molecule has 132 valence electrons. The van der Waals surface area contributed by atoms with Crippen LogP contribution in [0.3, 0.4) is 0 Å². The smallest absolute Gasteiger partial charge is 1.00 e. The van der Waals surface area contributed by atoms with Crippen LogP contribution in [0, 0.1) is 0 Å². The second-order valence-corrected chi connectivity index (χ2v) is 8.37. The van der Waals surface area contributed by atoms with Gasteiger partial charge in [0.1, 0.15) is 0 Å². The molecule has 0 aromatic heterocycles. The first-order valence-corrected chi connectivity index (χ1v) is 9.97. The zero-order chi connectivity index (χ0) is 15.9. The van der Waals surface area contributed by atoms with E-state index in [1.165, 1.54) is 22.3 Å². The molecule has 0 amide bonds. The molecule has 0 N–H and O–H groups in total. The van der Waals surface area contributed by atoms with Crippen molar-refractivity contribution in [1.29, 1.82) is 0 Å². The molecule has 1 unspecified atom stereocenters. The van der Waals surface area contributed by atoms with Crippen molar-refractivity contribution in [2.75, 3.05) is 0 Å². The largest absolute Gasteiger partial charge is 1.00 e. The van der Waals surface area contributed by atoms with Crippen LogP contribution in [0.1, 0.15) is 48.6 Å². The van der Waals surface area contributed by atoms with E-state index in [4.69, 9.17) is 0 Å². The van der Waals surface area contributed by atoms with Crippen LogP contribution in [0.2, 0.25) is 0 Å². The Balaban J connectivity index is 0.00000192. The van der Waals surface area contributed by atoms with Crippen LogP contribution < -0.4 is 37.2 Å². The number of halogens is 3. The molecule has 0 heterocycles. The fourth-order valence-electron chi connectivity index (χ4n) is 3.90. The maximum atomic E-state index is 2.43. The maximum absolute atomic E-state index is 2.43. The van der Waals surface area contributed by atoms with Gasteiger partial charge in [-0.1, -0.05) is 0 Å². The minimum atomic E-state index is 0. The van der Waals surface area contributed by atoms with Gasteiger partial charge in [-0.15, -0.1) is 0 Å². The topological polar surface area (TPSA) is 0 Å². The summed E-state index contributed by atoms with van der Waals surface area (Å²) < 4.78 is 0.0458. The standard InChI is InChI=1S/C20H23Si.3ClH.Ti/c1-4-14-9-8-12-16(15(14)5-2)19-13(3)20(21)18-11-7-6-10-17(18)19;;;;/h6-12H,4-5H2,1-3,21H3;3*1H;/q;;;;+3/p-3. The number of aryl methyl sites for hydroxylation is 1. The number of hydrogen-bond acceptors (Lipinski definition) is 0. The summed E-state index contributed by atoms with van der Waals surface area (Å²) in [5.74, 6) is 0. The van der Waals surface area contributed by atoms with Crippen LogP contribution in [0.25, 0.3) is 5.20 Å². The third-order valence-electron chi connectivity index (χ3n) is 5.27. The molecular weight excluding hydrogens is 423 g/mol. The molecule has 0 bridgehead atoms. The minimum Gasteiger partial charge on any atom is -1.00 e. The molecule has 1 aliphatic rings. The van der Waals surface area contributed by atoms with Gasteiger partial charge in [0.05, 0.1) is 0 Å². The first-order chi connectivity index (χ1) is 10.6. The Morgan fingerprint density at radius 2 is 1.48 bits per heavy atom. The number of benzene rings is 2. The first-order valence-electron chi connectivity index (χ1n) is 8.19. The van der Waals surface area contributed by atoms with E-state index in [9.17, 15) is 0 Å². The van der Waals surface area contributed by atoms with E-state index in [0.29, 0.717) is 0 Å². The third-order valence-corrected chi connectivity index (χ3v) is 7.99. The van der Waals surface area contributed by atoms with Gasteiger partial charge >= 0.3 is 149 Å². The van der Waals surface area contributed by atoms with Crippen molar-refractivity contribution >= 4 is 15.4 Å². The van der Waals surface area contributed by atoms with Gasteiger partial charge in [-0.25, -0.2) is 0 Å². The van der Waals surface area contributed by atoms with Gasteiger partial charge < -0.3 is 37.2 Å². The SMILES string of the molecule is CCc1cccc([C]2([Ti+3])C(C)=C([SiH3])c3ccccc32)c1CC.[Cl-].[Cl-].[Cl-]. The van der Waals surface area contributed by atoms with Crippen LogP contribution in [0.4, 0.5) is 0 Å². The van der Waals surface area contributed by atoms with Crippen LogP contribution in [-0.4, -0.2) is 10.2 Å². The molecule has 25 heavy (non-hydrogen) atoms. The Morgan fingerprint density at radius 3 is 2.08 bits per heavy atom. The quantitative estimate of drug-likeness (QED) is 0.414. The van der Waals surface area contributed by atoms with Crippen LogP contribution in [0.5, 0.6) is 0 Å². The van der Waals surface area contributed by atoms with E-state index in [-0.39, 0.29) is 40.9 Å². The Morgan fingerprint density at radius 1 is 0.880 bits per heavy atom. The van der Waals surface area contributed by atoms with E-state index >= 15 is 0 Å². The number of allylic oxidation sites excluding steroid dienone is 1. The van der Waals surface area contributed by atoms with Crippen molar-refractivity contribution < 1.29 is 57.7 Å². The number of rotatable bonds is 3. The molecular formula is C20H23Cl3SiTi. The van der Waals surface area contributed by atoms with Gasteiger partial charge in [-0.3, -0.25) is 0 Å². The average molecular weight is 446 g/mol. The second-order valence-electron chi connectivity index (χ2n) is 6.20. The van der Waals surface area contributed by atoms with Gasteiger partial charge in [0.25, 0.3) is 0 Å². The second kappa shape index (κ2) is 9.78. The molecule has 0 nitrogen and oxygen atoms in total. The van der Waals surface area contributed by atoms with Crippen molar-refractivity contribution in [3.63, 3.8) is 0 Å². The molecule has 0 spiro atoms. The van der Waals surface area contributed by atoms with Gasteiger partial charge in [0.2, 0.25) is 0 Å².